The number of nitrogens with one attached hydrogen (secondary N) is 1. The molecule has 1 N–H and O–H groups in total. The normalized spacial score (nSPS) is 10.4. The van der Waals surface area contributed by atoms with Gasteiger partial charge in [-0.15, -0.1) is 5.10 Å². The highest BCUT2D eigenvalue weighted by molar-refractivity contribution is 9.10. The van der Waals surface area contributed by atoms with Gasteiger partial charge in [-0.2, -0.15) is 0 Å². The Kier molecular flexibility index (Phi) is 3.46. The number of benzene rings is 1. The predicted molar refractivity (Wildman–Crippen MR) is 65.5 cm³/mol. The number of aryl methyl sites for hydroxylation is 1. The van der Waals surface area contributed by atoms with E-state index in [2.05, 4.69) is 31.4 Å². The number of anilines is 1. The highest BCUT2D eigenvalue weighted by Gasteiger charge is 2.04. The van der Waals surface area contributed by atoms with Crippen LogP contribution in [0.3, 0.4) is 0 Å². The summed E-state index contributed by atoms with van der Waals surface area (Å²) in [6.07, 6.45) is 0. The molecule has 0 aliphatic carbocycles. The van der Waals surface area contributed by atoms with Crippen molar-refractivity contribution in [3.8, 4) is 0 Å². The minimum absolute atomic E-state index is 0.400. The number of hydrogen-bond acceptors (Lipinski definition) is 4. The van der Waals surface area contributed by atoms with E-state index in [4.69, 9.17) is 16.0 Å². The van der Waals surface area contributed by atoms with Crippen molar-refractivity contribution in [3.63, 3.8) is 0 Å². The molecule has 0 amide bonds. The average molecular weight is 303 g/mol. The van der Waals surface area contributed by atoms with Gasteiger partial charge in [-0.05, 0) is 17.7 Å². The van der Waals surface area contributed by atoms with Crippen molar-refractivity contribution in [1.29, 1.82) is 0 Å². The zero-order valence-electron chi connectivity index (χ0n) is 8.50. The van der Waals surface area contributed by atoms with Gasteiger partial charge >= 0.3 is 6.01 Å². The molecule has 16 heavy (non-hydrogen) atoms. The third-order valence-electron chi connectivity index (χ3n) is 1.97. The maximum absolute atomic E-state index is 6.06. The summed E-state index contributed by atoms with van der Waals surface area (Å²) in [6, 6.07) is 6.11. The van der Waals surface area contributed by atoms with Crippen LogP contribution < -0.4 is 5.32 Å². The molecule has 0 bridgehead atoms. The molecule has 1 heterocycles. The summed E-state index contributed by atoms with van der Waals surface area (Å²) in [7, 11) is 0. The summed E-state index contributed by atoms with van der Waals surface area (Å²) in [6.45, 7) is 2.29. The molecule has 0 saturated carbocycles. The van der Waals surface area contributed by atoms with Crippen LogP contribution in [0.5, 0.6) is 0 Å². The van der Waals surface area contributed by atoms with Crippen LogP contribution >= 0.6 is 27.5 Å². The first kappa shape index (κ1) is 11.4. The van der Waals surface area contributed by atoms with Crippen LogP contribution in [0.2, 0.25) is 5.02 Å². The fraction of sp³-hybridized carbons (Fsp3) is 0.200. The molecule has 0 aliphatic heterocycles. The maximum Gasteiger partial charge on any atom is 0.315 e. The topological polar surface area (TPSA) is 51.0 Å². The zero-order valence-corrected chi connectivity index (χ0v) is 10.8. The second-order valence-electron chi connectivity index (χ2n) is 3.22. The summed E-state index contributed by atoms with van der Waals surface area (Å²) in [5.74, 6) is 0.532. The fourth-order valence-electron chi connectivity index (χ4n) is 1.20. The number of halogens is 2. The molecular formula is C10H9BrClN3O. The Labute approximate surface area is 106 Å². The molecule has 0 unspecified atom stereocenters. The van der Waals surface area contributed by atoms with Crippen LogP contribution in [0.25, 0.3) is 0 Å². The quantitative estimate of drug-likeness (QED) is 0.944. The van der Waals surface area contributed by atoms with E-state index in [1.165, 1.54) is 0 Å². The molecule has 2 aromatic rings. The van der Waals surface area contributed by atoms with Gasteiger partial charge < -0.3 is 9.73 Å². The van der Waals surface area contributed by atoms with Gasteiger partial charge in [-0.1, -0.05) is 38.7 Å². The first-order valence-corrected chi connectivity index (χ1v) is 5.80. The molecular weight excluding hydrogens is 293 g/mol. The predicted octanol–water partition coefficient (Wildman–Crippen LogP) is 3.41. The third-order valence-corrected chi connectivity index (χ3v) is 2.82. The molecule has 0 aliphatic rings. The summed E-state index contributed by atoms with van der Waals surface area (Å²) >= 11 is 9.41. The molecule has 4 nitrogen and oxygen atoms in total. The van der Waals surface area contributed by atoms with E-state index in [0.717, 1.165) is 10.0 Å². The van der Waals surface area contributed by atoms with Gasteiger partial charge in [0.2, 0.25) is 5.89 Å². The van der Waals surface area contributed by atoms with Gasteiger partial charge in [0.1, 0.15) is 0 Å². The molecule has 1 aromatic heterocycles. The van der Waals surface area contributed by atoms with Gasteiger partial charge in [0.25, 0.3) is 0 Å². The zero-order chi connectivity index (χ0) is 11.5. The van der Waals surface area contributed by atoms with Crippen LogP contribution in [0.1, 0.15) is 11.5 Å². The first-order valence-electron chi connectivity index (χ1n) is 4.63. The minimum Gasteiger partial charge on any atom is -0.408 e. The summed E-state index contributed by atoms with van der Waals surface area (Å²) in [5, 5.41) is 11.2. The Morgan fingerprint density at radius 2 is 2.25 bits per heavy atom. The van der Waals surface area contributed by atoms with Crippen LogP contribution in [0.4, 0.5) is 6.01 Å². The van der Waals surface area contributed by atoms with Gasteiger partial charge in [0.15, 0.2) is 0 Å². The second-order valence-corrected chi connectivity index (χ2v) is 4.54. The summed E-state index contributed by atoms with van der Waals surface area (Å²) in [4.78, 5) is 0. The van der Waals surface area contributed by atoms with Gasteiger partial charge in [0, 0.05) is 23.0 Å². The van der Waals surface area contributed by atoms with Crippen molar-refractivity contribution in [2.24, 2.45) is 0 Å². The number of hydrogen-bond donors (Lipinski definition) is 1. The molecule has 1 aromatic carbocycles. The van der Waals surface area contributed by atoms with E-state index in [1.54, 1.807) is 6.92 Å². The molecule has 2 rings (SSSR count). The Morgan fingerprint density at radius 3 is 2.88 bits per heavy atom. The fourth-order valence-corrected chi connectivity index (χ4v) is 1.94. The Bertz CT molecular complexity index is 501. The molecule has 0 fully saturated rings. The number of nitrogens with zero attached hydrogens (tertiary/aromatic N) is 2. The smallest absolute Gasteiger partial charge is 0.315 e. The molecule has 6 heteroatoms. The SMILES string of the molecule is Cc1nnc(NCc2ccc(Br)cc2Cl)o1. The molecule has 0 radical (unpaired) electrons. The first-order chi connectivity index (χ1) is 7.65. The highest BCUT2D eigenvalue weighted by Crippen LogP contribution is 2.22. The van der Waals surface area contributed by atoms with Gasteiger partial charge in [-0.25, -0.2) is 0 Å². The minimum atomic E-state index is 0.400. The summed E-state index contributed by atoms with van der Waals surface area (Å²) < 4.78 is 6.14. The van der Waals surface area contributed by atoms with Gasteiger partial charge in [-0.3, -0.25) is 0 Å². The van der Waals surface area contributed by atoms with Crippen molar-refractivity contribution in [3.05, 3.63) is 39.1 Å². The van der Waals surface area contributed by atoms with Crippen molar-refractivity contribution < 1.29 is 4.42 Å². The Morgan fingerprint density at radius 1 is 1.44 bits per heavy atom. The Balaban J connectivity index is 2.04. The maximum atomic E-state index is 6.06. The number of rotatable bonds is 3. The van der Waals surface area contributed by atoms with Crippen LogP contribution in [0.15, 0.2) is 27.1 Å². The summed E-state index contributed by atoms with van der Waals surface area (Å²) in [5.41, 5.74) is 0.973. The van der Waals surface area contributed by atoms with Crippen molar-refractivity contribution in [2.45, 2.75) is 13.5 Å². The number of aromatic nitrogens is 2. The van der Waals surface area contributed by atoms with E-state index >= 15 is 0 Å². The van der Waals surface area contributed by atoms with Crippen LogP contribution in [-0.2, 0) is 6.54 Å². The van der Waals surface area contributed by atoms with Crippen molar-refractivity contribution >= 4 is 33.5 Å². The molecule has 0 spiro atoms. The Hall–Kier alpha value is -1.07. The van der Waals surface area contributed by atoms with Crippen LogP contribution in [-0.4, -0.2) is 10.2 Å². The van der Waals surface area contributed by atoms with Crippen LogP contribution in [0, 0.1) is 6.92 Å². The van der Waals surface area contributed by atoms with Crippen molar-refractivity contribution in [1.82, 2.24) is 10.2 Å². The van der Waals surface area contributed by atoms with E-state index in [0.29, 0.717) is 23.5 Å². The van der Waals surface area contributed by atoms with E-state index < -0.39 is 0 Å². The largest absolute Gasteiger partial charge is 0.408 e. The highest BCUT2D eigenvalue weighted by atomic mass is 79.9. The lowest BCUT2D eigenvalue weighted by atomic mass is 10.2. The standard InChI is InChI=1S/C10H9BrClN3O/c1-6-14-15-10(16-6)13-5-7-2-3-8(11)4-9(7)12/h2-4H,5H2,1H3,(H,13,15). The lowest BCUT2D eigenvalue weighted by Crippen LogP contribution is -2.00. The third kappa shape index (κ3) is 2.74. The average Bonchev–Trinajstić information content (AvgIpc) is 2.63. The monoisotopic (exact) mass is 301 g/mol. The molecule has 0 saturated heterocycles. The van der Waals surface area contributed by atoms with Crippen molar-refractivity contribution in [2.75, 3.05) is 5.32 Å². The lowest BCUT2D eigenvalue weighted by molar-refractivity contribution is 0.530. The molecule has 84 valence electrons. The van der Waals surface area contributed by atoms with E-state index in [-0.39, 0.29) is 0 Å². The van der Waals surface area contributed by atoms with E-state index in [9.17, 15) is 0 Å². The second kappa shape index (κ2) is 4.84. The molecule has 0 atom stereocenters. The van der Waals surface area contributed by atoms with E-state index in [1.807, 2.05) is 18.2 Å². The lowest BCUT2D eigenvalue weighted by Gasteiger charge is -2.04. The van der Waals surface area contributed by atoms with Gasteiger partial charge in [0.05, 0.1) is 0 Å².